The Morgan fingerprint density at radius 3 is 2.68 bits per heavy atom. The van der Waals surface area contributed by atoms with Gasteiger partial charge in [0.2, 0.25) is 0 Å². The van der Waals surface area contributed by atoms with E-state index in [9.17, 15) is 18.0 Å². The molecule has 1 amide bonds. The topological polar surface area (TPSA) is 67.8 Å². The summed E-state index contributed by atoms with van der Waals surface area (Å²) in [6.45, 7) is 6.63. The number of carbonyl (C=O) groups excluding carboxylic acids is 1. The second kappa shape index (κ2) is 5.92. The molecular formula is C15H19F3N4O3. The first-order valence-electron chi connectivity index (χ1n) is 7.86. The van der Waals surface area contributed by atoms with Crippen molar-refractivity contribution in [1.82, 2.24) is 14.9 Å². The summed E-state index contributed by atoms with van der Waals surface area (Å²) < 4.78 is 48.9. The zero-order valence-corrected chi connectivity index (χ0v) is 14.1. The van der Waals surface area contributed by atoms with E-state index in [1.54, 1.807) is 25.7 Å². The van der Waals surface area contributed by atoms with E-state index in [-0.39, 0.29) is 24.3 Å². The van der Waals surface area contributed by atoms with E-state index in [0.29, 0.717) is 25.8 Å². The number of piperazine rings is 1. The van der Waals surface area contributed by atoms with E-state index in [0.717, 1.165) is 0 Å². The molecule has 0 N–H and O–H groups in total. The molecule has 0 unspecified atom stereocenters. The van der Waals surface area contributed by atoms with Gasteiger partial charge in [0.15, 0.2) is 11.5 Å². The molecule has 1 aromatic rings. The van der Waals surface area contributed by atoms with Gasteiger partial charge in [0, 0.05) is 19.6 Å². The van der Waals surface area contributed by atoms with Crippen molar-refractivity contribution in [2.75, 3.05) is 31.1 Å². The van der Waals surface area contributed by atoms with Crippen molar-refractivity contribution in [2.45, 2.75) is 38.6 Å². The molecular weight excluding hydrogens is 341 g/mol. The summed E-state index contributed by atoms with van der Waals surface area (Å²) in [6.07, 6.45) is -4.29. The third kappa shape index (κ3) is 3.72. The fourth-order valence-corrected chi connectivity index (χ4v) is 2.74. The van der Waals surface area contributed by atoms with Gasteiger partial charge in [-0.05, 0) is 20.8 Å². The summed E-state index contributed by atoms with van der Waals surface area (Å²) in [6, 6.07) is -0.209. The third-order valence-corrected chi connectivity index (χ3v) is 3.83. The number of rotatable bonds is 0. The van der Waals surface area contributed by atoms with Crippen LogP contribution in [0.15, 0.2) is 6.20 Å². The van der Waals surface area contributed by atoms with Gasteiger partial charge in [-0.2, -0.15) is 13.2 Å². The first-order chi connectivity index (χ1) is 11.5. The van der Waals surface area contributed by atoms with Crippen molar-refractivity contribution in [3.8, 4) is 5.88 Å². The van der Waals surface area contributed by atoms with Crippen molar-refractivity contribution in [3.05, 3.63) is 11.9 Å². The standard InChI is InChI=1S/C15H19F3N4O3/c1-14(2,3)25-13(23)21-4-5-22-9(7-21)8-24-12-11(22)19-6-10(20-12)15(16,17)18/h6,9H,4-5,7-8H2,1-3H3/t9-/m1/s1. The summed E-state index contributed by atoms with van der Waals surface area (Å²) in [5.41, 5.74) is -1.68. The number of halogens is 3. The molecule has 1 saturated heterocycles. The van der Waals surface area contributed by atoms with Crippen molar-refractivity contribution >= 4 is 11.9 Å². The Morgan fingerprint density at radius 2 is 2.04 bits per heavy atom. The van der Waals surface area contributed by atoms with Gasteiger partial charge in [0.25, 0.3) is 5.88 Å². The maximum atomic E-state index is 12.7. The lowest BCUT2D eigenvalue weighted by Crippen LogP contribution is -2.59. The van der Waals surface area contributed by atoms with Crippen LogP contribution in [0, 0.1) is 0 Å². The fraction of sp³-hybridized carbons (Fsp3) is 0.667. The van der Waals surface area contributed by atoms with Gasteiger partial charge >= 0.3 is 12.3 Å². The third-order valence-electron chi connectivity index (χ3n) is 3.83. The lowest BCUT2D eigenvalue weighted by atomic mass is 10.1. The zero-order valence-electron chi connectivity index (χ0n) is 14.1. The molecule has 2 aliphatic heterocycles. The summed E-state index contributed by atoms with van der Waals surface area (Å²) >= 11 is 0. The molecule has 0 radical (unpaired) electrons. The second-order valence-corrected chi connectivity index (χ2v) is 6.97. The number of alkyl halides is 3. The minimum absolute atomic E-state index is 0.127. The molecule has 0 bridgehead atoms. The molecule has 2 aliphatic rings. The summed E-state index contributed by atoms with van der Waals surface area (Å²) in [4.78, 5) is 23.0. The van der Waals surface area contributed by atoms with Crippen LogP contribution in [0.2, 0.25) is 0 Å². The van der Waals surface area contributed by atoms with E-state index >= 15 is 0 Å². The Balaban J connectivity index is 1.74. The smallest absolute Gasteiger partial charge is 0.435 e. The second-order valence-electron chi connectivity index (χ2n) is 6.97. The number of amides is 1. The van der Waals surface area contributed by atoms with Crippen LogP contribution in [0.1, 0.15) is 26.5 Å². The molecule has 0 aromatic carbocycles. The van der Waals surface area contributed by atoms with Gasteiger partial charge in [-0.15, -0.1) is 0 Å². The van der Waals surface area contributed by atoms with Crippen molar-refractivity contribution < 1.29 is 27.4 Å². The summed E-state index contributed by atoms with van der Waals surface area (Å²) in [5.74, 6) is 0.143. The normalized spacial score (nSPS) is 20.5. The number of ether oxygens (including phenoxy) is 2. The number of carbonyl (C=O) groups is 1. The Morgan fingerprint density at radius 1 is 1.32 bits per heavy atom. The predicted molar refractivity (Wildman–Crippen MR) is 81.5 cm³/mol. The average Bonchev–Trinajstić information content (AvgIpc) is 2.51. The summed E-state index contributed by atoms with van der Waals surface area (Å²) in [7, 11) is 0. The lowest BCUT2D eigenvalue weighted by Gasteiger charge is -2.44. The first kappa shape index (κ1) is 17.6. The highest BCUT2D eigenvalue weighted by Gasteiger charge is 2.40. The lowest BCUT2D eigenvalue weighted by molar-refractivity contribution is -0.141. The number of fused-ring (bicyclic) bond motifs is 3. The Hall–Kier alpha value is -2.26. The maximum absolute atomic E-state index is 12.7. The van der Waals surface area contributed by atoms with Gasteiger partial charge in [-0.3, -0.25) is 0 Å². The van der Waals surface area contributed by atoms with E-state index in [1.165, 1.54) is 0 Å². The highest BCUT2D eigenvalue weighted by molar-refractivity contribution is 5.69. The molecule has 1 aromatic heterocycles. The van der Waals surface area contributed by atoms with E-state index in [4.69, 9.17) is 9.47 Å². The van der Waals surface area contributed by atoms with Crippen molar-refractivity contribution in [1.29, 1.82) is 0 Å². The SMILES string of the molecule is CC(C)(C)OC(=O)N1CCN2c3ncc(C(F)(F)F)nc3OC[C@H]2C1. The van der Waals surface area contributed by atoms with Crippen LogP contribution in [0.3, 0.4) is 0 Å². The highest BCUT2D eigenvalue weighted by Crippen LogP contribution is 2.35. The molecule has 10 heteroatoms. The van der Waals surface area contributed by atoms with Gasteiger partial charge in [-0.1, -0.05) is 0 Å². The Kier molecular flexibility index (Phi) is 4.16. The highest BCUT2D eigenvalue weighted by atomic mass is 19.4. The zero-order chi connectivity index (χ0) is 18.4. The van der Waals surface area contributed by atoms with Crippen LogP contribution in [0.4, 0.5) is 23.8 Å². The molecule has 0 aliphatic carbocycles. The first-order valence-corrected chi connectivity index (χ1v) is 7.86. The van der Waals surface area contributed by atoms with Crippen LogP contribution in [-0.2, 0) is 10.9 Å². The van der Waals surface area contributed by atoms with Gasteiger partial charge in [0.05, 0.1) is 12.2 Å². The van der Waals surface area contributed by atoms with Gasteiger partial charge in [0.1, 0.15) is 12.2 Å². The Labute approximate surface area is 142 Å². The van der Waals surface area contributed by atoms with E-state index in [1.807, 2.05) is 4.90 Å². The molecule has 1 fully saturated rings. The summed E-state index contributed by atoms with van der Waals surface area (Å²) in [5, 5.41) is 0. The number of hydrogen-bond donors (Lipinski definition) is 0. The molecule has 0 saturated carbocycles. The molecule has 25 heavy (non-hydrogen) atoms. The monoisotopic (exact) mass is 360 g/mol. The van der Waals surface area contributed by atoms with E-state index < -0.39 is 23.6 Å². The predicted octanol–water partition coefficient (Wildman–Crippen LogP) is 2.31. The van der Waals surface area contributed by atoms with E-state index in [2.05, 4.69) is 9.97 Å². The molecule has 7 nitrogen and oxygen atoms in total. The van der Waals surface area contributed by atoms with Crippen molar-refractivity contribution in [3.63, 3.8) is 0 Å². The molecule has 0 spiro atoms. The fourth-order valence-electron chi connectivity index (χ4n) is 2.74. The van der Waals surface area contributed by atoms with Gasteiger partial charge < -0.3 is 19.3 Å². The minimum Gasteiger partial charge on any atom is -0.473 e. The molecule has 1 atom stereocenters. The average molecular weight is 360 g/mol. The number of anilines is 1. The van der Waals surface area contributed by atoms with Crippen LogP contribution >= 0.6 is 0 Å². The molecule has 3 rings (SSSR count). The van der Waals surface area contributed by atoms with Crippen LogP contribution in [-0.4, -0.2) is 58.8 Å². The molecule has 3 heterocycles. The largest absolute Gasteiger partial charge is 0.473 e. The Bertz CT molecular complexity index is 675. The number of hydrogen-bond acceptors (Lipinski definition) is 6. The van der Waals surface area contributed by atoms with Gasteiger partial charge in [-0.25, -0.2) is 14.8 Å². The van der Waals surface area contributed by atoms with Crippen LogP contribution in [0.5, 0.6) is 5.88 Å². The minimum atomic E-state index is -4.57. The molecule has 138 valence electrons. The van der Waals surface area contributed by atoms with Crippen LogP contribution in [0.25, 0.3) is 0 Å². The van der Waals surface area contributed by atoms with Crippen LogP contribution < -0.4 is 9.64 Å². The van der Waals surface area contributed by atoms with Crippen molar-refractivity contribution in [2.24, 2.45) is 0 Å². The quantitative estimate of drug-likeness (QED) is 0.707. The number of nitrogens with zero attached hydrogens (tertiary/aromatic N) is 4. The number of aromatic nitrogens is 2. The maximum Gasteiger partial charge on any atom is 0.435 e.